The molecule has 1 aliphatic rings. The van der Waals surface area contributed by atoms with E-state index in [-0.39, 0.29) is 24.6 Å². The van der Waals surface area contributed by atoms with Gasteiger partial charge in [-0.15, -0.1) is 0 Å². The van der Waals surface area contributed by atoms with E-state index in [0.29, 0.717) is 17.7 Å². The topological polar surface area (TPSA) is 137 Å². The number of esters is 1. The molecular weight excluding hydrogens is 779 g/mol. The van der Waals surface area contributed by atoms with Crippen LogP contribution >= 0.6 is 0 Å². The molecule has 2 heterocycles. The van der Waals surface area contributed by atoms with Crippen LogP contribution < -0.4 is 11.4 Å². The van der Waals surface area contributed by atoms with E-state index >= 15 is 0 Å². The number of aliphatic hydroxyl groups is 1. The van der Waals surface area contributed by atoms with Crippen LogP contribution in [0.2, 0.25) is 0 Å². The summed E-state index contributed by atoms with van der Waals surface area (Å²) >= 11 is 0. The van der Waals surface area contributed by atoms with Crippen molar-refractivity contribution in [2.75, 3.05) is 25.4 Å². The van der Waals surface area contributed by atoms with Crippen molar-refractivity contribution in [3.05, 3.63) is 22.7 Å². The number of amides is 1. The summed E-state index contributed by atoms with van der Waals surface area (Å²) in [5.74, 6) is -4.85. The van der Waals surface area contributed by atoms with E-state index in [9.17, 15) is 28.3 Å². The van der Waals surface area contributed by atoms with Crippen LogP contribution in [0.5, 0.6) is 0 Å². The number of rotatable bonds is 40. The highest BCUT2D eigenvalue weighted by Gasteiger charge is 2.60. The fourth-order valence-electron chi connectivity index (χ4n) is 8.39. The molecule has 1 amide bonds. The van der Waals surface area contributed by atoms with Gasteiger partial charge in [-0.2, -0.15) is 13.8 Å². The smallest absolute Gasteiger partial charge is 0.351 e. The van der Waals surface area contributed by atoms with Gasteiger partial charge in [0.15, 0.2) is 6.10 Å². The van der Waals surface area contributed by atoms with Crippen LogP contribution in [-0.4, -0.2) is 69.3 Å². The first-order chi connectivity index (χ1) is 29.6. The first-order valence-electron chi connectivity index (χ1n) is 25.1. The van der Waals surface area contributed by atoms with Gasteiger partial charge in [-0.05, 0) is 18.9 Å². The number of carbonyl (C=O) groups is 2. The highest BCUT2D eigenvalue weighted by atomic mass is 19.3. The molecule has 10 nitrogen and oxygen atoms in total. The van der Waals surface area contributed by atoms with Gasteiger partial charge in [-0.25, -0.2) is 4.79 Å². The van der Waals surface area contributed by atoms with Crippen LogP contribution in [0.25, 0.3) is 0 Å². The van der Waals surface area contributed by atoms with Crippen molar-refractivity contribution in [1.29, 1.82) is 0 Å². The molecule has 3 N–H and O–H groups in total. The number of anilines is 1. The molecule has 0 aromatic carbocycles. The fraction of sp³-hybridized carbons (Fsp3) is 0.878. The number of unbranched alkanes of at least 4 members (excludes halogenated alkanes) is 30. The molecule has 1 aromatic rings. The fourth-order valence-corrected chi connectivity index (χ4v) is 8.39. The zero-order valence-electron chi connectivity index (χ0n) is 38.7. The summed E-state index contributed by atoms with van der Waals surface area (Å²) in [5, 5.41) is 10.3. The second-order valence-electron chi connectivity index (χ2n) is 17.9. The summed E-state index contributed by atoms with van der Waals surface area (Å²) in [5.41, 5.74) is 4.41. The third-order valence-corrected chi connectivity index (χ3v) is 12.4. The Hall–Kier alpha value is -2.60. The molecule has 354 valence electrons. The van der Waals surface area contributed by atoms with Crippen molar-refractivity contribution < 1.29 is 33.0 Å². The first kappa shape index (κ1) is 54.5. The number of alkyl halides is 2. The molecule has 0 saturated carbocycles. The van der Waals surface area contributed by atoms with E-state index in [2.05, 4.69) is 18.8 Å². The average molecular weight is 867 g/mol. The van der Waals surface area contributed by atoms with E-state index in [1.807, 2.05) is 4.90 Å². The van der Waals surface area contributed by atoms with Crippen molar-refractivity contribution in [3.63, 3.8) is 0 Å². The van der Waals surface area contributed by atoms with Crippen LogP contribution in [0.4, 0.5) is 14.6 Å². The van der Waals surface area contributed by atoms with E-state index in [0.717, 1.165) is 44.7 Å². The minimum Gasteiger partial charge on any atom is -0.463 e. The summed E-state index contributed by atoms with van der Waals surface area (Å²) in [6.45, 7) is 5.19. The monoisotopic (exact) mass is 867 g/mol. The Labute approximate surface area is 368 Å². The van der Waals surface area contributed by atoms with Crippen LogP contribution in [0.1, 0.15) is 238 Å². The number of aromatic nitrogens is 2. The number of nitrogens with two attached hydrogens (primary N) is 1. The van der Waals surface area contributed by atoms with Gasteiger partial charge in [0, 0.05) is 25.7 Å². The molecule has 61 heavy (non-hydrogen) atoms. The Kier molecular flexibility index (Phi) is 31.1. The highest BCUT2D eigenvalue weighted by molar-refractivity contribution is 5.81. The standard InChI is InChI=1S/C49H88F2N4O6/c1-3-5-7-9-11-13-15-17-19-21-23-25-27-29-31-33-38-54(39-34-32-30-28-26-24-22-20-18-16-14-12-10-8-6-4-2)44(56)35-36-45(57)60-41-42-46(58)49(50,51)47(61-42)55-40-37-43(52)53-48(55)59/h37,40,42,46-47,58H,3-36,38-39,41H2,1-2H3,(H2,52,53,59)/t42-,46-,47-/m0/s1. The summed E-state index contributed by atoms with van der Waals surface area (Å²) in [6.07, 6.45) is 35.8. The quantitative estimate of drug-likeness (QED) is 0.0491. The van der Waals surface area contributed by atoms with E-state index < -0.39 is 42.6 Å². The molecule has 1 fully saturated rings. The van der Waals surface area contributed by atoms with E-state index in [1.54, 1.807) is 0 Å². The van der Waals surface area contributed by atoms with Gasteiger partial charge in [-0.1, -0.05) is 206 Å². The molecule has 3 atom stereocenters. The second kappa shape index (κ2) is 34.8. The lowest BCUT2D eigenvalue weighted by Gasteiger charge is -2.23. The Bertz CT molecular complexity index is 1280. The number of nitrogen functional groups attached to an aromatic ring is 1. The van der Waals surface area contributed by atoms with Gasteiger partial charge in [0.2, 0.25) is 12.1 Å². The normalized spacial score (nSPS) is 17.2. The summed E-state index contributed by atoms with van der Waals surface area (Å²) in [6, 6.07) is 1.17. The largest absolute Gasteiger partial charge is 0.463 e. The summed E-state index contributed by atoms with van der Waals surface area (Å²) in [4.78, 5) is 43.6. The van der Waals surface area contributed by atoms with E-state index in [4.69, 9.17) is 15.2 Å². The number of nitrogens with zero attached hydrogens (tertiary/aromatic N) is 3. The number of hydrogen-bond donors (Lipinski definition) is 2. The highest BCUT2D eigenvalue weighted by Crippen LogP contribution is 2.42. The number of carbonyl (C=O) groups excluding carboxylic acids is 2. The maximum absolute atomic E-state index is 14.9. The molecule has 0 aliphatic carbocycles. The molecular formula is C49H88F2N4O6. The molecule has 1 saturated heterocycles. The molecule has 0 bridgehead atoms. The molecule has 12 heteroatoms. The average Bonchev–Trinajstić information content (AvgIpc) is 3.47. The molecule has 1 aromatic heterocycles. The number of ether oxygens (including phenoxy) is 2. The first-order valence-corrected chi connectivity index (χ1v) is 25.1. The van der Waals surface area contributed by atoms with Crippen molar-refractivity contribution in [2.24, 2.45) is 0 Å². The number of hydrogen-bond acceptors (Lipinski definition) is 8. The molecule has 0 unspecified atom stereocenters. The summed E-state index contributed by atoms with van der Waals surface area (Å²) in [7, 11) is 0. The van der Waals surface area contributed by atoms with Gasteiger partial charge >= 0.3 is 17.6 Å². The van der Waals surface area contributed by atoms with Gasteiger partial charge in [0.05, 0.1) is 6.42 Å². The van der Waals surface area contributed by atoms with Crippen LogP contribution in [0, 0.1) is 0 Å². The lowest BCUT2D eigenvalue weighted by atomic mass is 10.0. The lowest BCUT2D eigenvalue weighted by molar-refractivity contribution is -0.152. The zero-order chi connectivity index (χ0) is 44.4. The molecule has 0 spiro atoms. The van der Waals surface area contributed by atoms with Crippen LogP contribution in [0.15, 0.2) is 17.1 Å². The second-order valence-corrected chi connectivity index (χ2v) is 17.9. The Morgan fingerprint density at radius 3 is 1.44 bits per heavy atom. The van der Waals surface area contributed by atoms with E-state index in [1.165, 1.54) is 173 Å². The van der Waals surface area contributed by atoms with Gasteiger partial charge in [0.25, 0.3) is 0 Å². The Morgan fingerprint density at radius 1 is 0.689 bits per heavy atom. The summed E-state index contributed by atoms with van der Waals surface area (Å²) < 4.78 is 40.8. The van der Waals surface area contributed by atoms with Crippen molar-refractivity contribution in [3.8, 4) is 0 Å². The predicted octanol–water partition coefficient (Wildman–Crippen LogP) is 12.4. The van der Waals surface area contributed by atoms with Crippen LogP contribution in [-0.2, 0) is 19.1 Å². The Balaban J connectivity index is 1.69. The SMILES string of the molecule is CCCCCCCCCCCCCCCCCCN(CCCCCCCCCCCCCCCCCC)C(=O)CCC(=O)OC[C@@H]1O[C@H](n2ccc(N)nc2=O)C(F)(F)[C@H]1O. The predicted molar refractivity (Wildman–Crippen MR) is 244 cm³/mol. The van der Waals surface area contributed by atoms with Gasteiger partial charge < -0.3 is 25.2 Å². The van der Waals surface area contributed by atoms with Gasteiger partial charge in [0.1, 0.15) is 18.5 Å². The number of halogens is 2. The minimum atomic E-state index is -3.85. The molecule has 1 aliphatic heterocycles. The number of aliphatic hydroxyl groups excluding tert-OH is 1. The van der Waals surface area contributed by atoms with Crippen LogP contribution in [0.3, 0.4) is 0 Å². The third kappa shape index (κ3) is 24.7. The molecule has 2 rings (SSSR count). The van der Waals surface area contributed by atoms with Crippen molar-refractivity contribution >= 4 is 17.7 Å². The minimum absolute atomic E-state index is 0.0457. The lowest BCUT2D eigenvalue weighted by Crippen LogP contribution is -2.42. The van der Waals surface area contributed by atoms with Gasteiger partial charge in [-0.3, -0.25) is 14.2 Å². The third-order valence-electron chi connectivity index (χ3n) is 12.4. The van der Waals surface area contributed by atoms with Crippen molar-refractivity contribution in [2.45, 2.75) is 257 Å². The maximum Gasteiger partial charge on any atom is 0.351 e. The van der Waals surface area contributed by atoms with Crippen molar-refractivity contribution in [1.82, 2.24) is 14.5 Å². The zero-order valence-corrected chi connectivity index (χ0v) is 38.7. The molecule has 0 radical (unpaired) electrons. The Morgan fingerprint density at radius 2 is 1.07 bits per heavy atom. The maximum atomic E-state index is 14.9.